The van der Waals surface area contributed by atoms with Gasteiger partial charge >= 0.3 is 6.09 Å². The predicted molar refractivity (Wildman–Crippen MR) is 45.7 cm³/mol. The summed E-state index contributed by atoms with van der Waals surface area (Å²) in [6.45, 7) is 2.13. The zero-order chi connectivity index (χ0) is 8.81. The first kappa shape index (κ1) is 9.32. The Kier molecular flexibility index (Phi) is 3.87. The highest BCUT2D eigenvalue weighted by molar-refractivity contribution is 5.64. The number of hydrogen-bond acceptors (Lipinski definition) is 3. The van der Waals surface area contributed by atoms with Crippen LogP contribution in [0.15, 0.2) is 0 Å². The maximum absolute atomic E-state index is 10.1. The lowest BCUT2D eigenvalue weighted by Crippen LogP contribution is -2.30. The fourth-order valence-electron chi connectivity index (χ4n) is 1.23. The van der Waals surface area contributed by atoms with E-state index in [0.29, 0.717) is 13.2 Å². The van der Waals surface area contributed by atoms with Crippen LogP contribution in [-0.2, 0) is 4.74 Å². The van der Waals surface area contributed by atoms with Crippen LogP contribution in [0.25, 0.3) is 0 Å². The van der Waals surface area contributed by atoms with E-state index in [1.165, 1.54) is 19.3 Å². The number of rotatable bonds is 5. The third kappa shape index (κ3) is 3.57. The molecule has 0 atom stereocenters. The van der Waals surface area contributed by atoms with E-state index in [1.54, 1.807) is 0 Å². The first-order valence-corrected chi connectivity index (χ1v) is 4.42. The largest absolute Gasteiger partial charge is 0.448 e. The van der Waals surface area contributed by atoms with Gasteiger partial charge in [-0.3, -0.25) is 0 Å². The fourth-order valence-corrected chi connectivity index (χ4v) is 1.23. The molecule has 0 aliphatic heterocycles. The highest BCUT2D eigenvalue weighted by Crippen LogP contribution is 2.24. The number of ether oxygens (including phenoxy) is 1. The van der Waals surface area contributed by atoms with Gasteiger partial charge in [-0.05, 0) is 25.3 Å². The van der Waals surface area contributed by atoms with Crippen LogP contribution in [-0.4, -0.2) is 25.8 Å². The second-order valence-electron chi connectivity index (χ2n) is 3.17. The van der Waals surface area contributed by atoms with Gasteiger partial charge in [-0.25, -0.2) is 4.79 Å². The van der Waals surface area contributed by atoms with Gasteiger partial charge in [0.25, 0.3) is 0 Å². The maximum Gasteiger partial charge on any atom is 0.404 e. The number of nitrogens with one attached hydrogen (secondary N) is 1. The van der Waals surface area contributed by atoms with Gasteiger partial charge in [0.15, 0.2) is 0 Å². The molecule has 0 heterocycles. The zero-order valence-corrected chi connectivity index (χ0v) is 7.21. The molecule has 1 saturated carbocycles. The molecule has 1 rings (SSSR count). The Morgan fingerprint density at radius 3 is 2.83 bits per heavy atom. The number of hydrogen-bond donors (Lipinski definition) is 2. The van der Waals surface area contributed by atoms with E-state index in [0.717, 1.165) is 12.5 Å². The van der Waals surface area contributed by atoms with Gasteiger partial charge in [-0.15, -0.1) is 0 Å². The van der Waals surface area contributed by atoms with Crippen molar-refractivity contribution in [1.82, 2.24) is 5.32 Å². The summed E-state index contributed by atoms with van der Waals surface area (Å²) in [6.07, 6.45) is 3.35. The molecule has 0 aromatic rings. The van der Waals surface area contributed by atoms with Gasteiger partial charge in [-0.1, -0.05) is 6.42 Å². The summed E-state index contributed by atoms with van der Waals surface area (Å²) in [5, 5.41) is 3.21. The number of primary amides is 1. The normalized spacial score (nSPS) is 17.0. The molecule has 1 fully saturated rings. The zero-order valence-electron chi connectivity index (χ0n) is 7.21. The van der Waals surface area contributed by atoms with Crippen molar-refractivity contribution in [3.8, 4) is 0 Å². The highest BCUT2D eigenvalue weighted by Gasteiger charge is 2.15. The Morgan fingerprint density at radius 1 is 1.58 bits per heavy atom. The lowest BCUT2D eigenvalue weighted by atomic mass is 9.85. The van der Waals surface area contributed by atoms with Crippen LogP contribution in [0.2, 0.25) is 0 Å². The third-order valence-corrected chi connectivity index (χ3v) is 2.18. The van der Waals surface area contributed by atoms with Crippen LogP contribution < -0.4 is 11.1 Å². The quantitative estimate of drug-likeness (QED) is 0.592. The van der Waals surface area contributed by atoms with E-state index in [1.807, 2.05) is 0 Å². The second-order valence-corrected chi connectivity index (χ2v) is 3.17. The van der Waals surface area contributed by atoms with Crippen molar-refractivity contribution < 1.29 is 9.53 Å². The van der Waals surface area contributed by atoms with Crippen LogP contribution in [0.4, 0.5) is 4.79 Å². The molecule has 70 valence electrons. The first-order valence-electron chi connectivity index (χ1n) is 4.42. The minimum atomic E-state index is -0.694. The van der Waals surface area contributed by atoms with Crippen molar-refractivity contribution in [3.63, 3.8) is 0 Å². The molecule has 0 saturated heterocycles. The maximum atomic E-state index is 10.1. The van der Waals surface area contributed by atoms with Crippen molar-refractivity contribution in [2.45, 2.75) is 19.3 Å². The molecule has 1 aliphatic carbocycles. The summed E-state index contributed by atoms with van der Waals surface area (Å²) in [5.74, 6) is 0.846. The van der Waals surface area contributed by atoms with Crippen LogP contribution >= 0.6 is 0 Å². The fraction of sp³-hybridized carbons (Fsp3) is 0.875. The molecule has 0 unspecified atom stereocenters. The van der Waals surface area contributed by atoms with Crippen LogP contribution in [0.1, 0.15) is 19.3 Å². The van der Waals surface area contributed by atoms with Crippen molar-refractivity contribution in [2.24, 2.45) is 11.7 Å². The van der Waals surface area contributed by atoms with E-state index in [4.69, 9.17) is 5.73 Å². The summed E-state index contributed by atoms with van der Waals surface area (Å²) in [4.78, 5) is 10.1. The number of amides is 1. The molecule has 1 amide bonds. The number of carbonyl (C=O) groups excluding carboxylic acids is 1. The summed E-state index contributed by atoms with van der Waals surface area (Å²) >= 11 is 0. The Labute approximate surface area is 72.5 Å². The van der Waals surface area contributed by atoms with Gasteiger partial charge in [0.1, 0.15) is 6.61 Å². The molecular weight excluding hydrogens is 156 g/mol. The third-order valence-electron chi connectivity index (χ3n) is 2.18. The molecular formula is C8H16N2O2. The van der Waals surface area contributed by atoms with E-state index in [2.05, 4.69) is 10.1 Å². The first-order chi connectivity index (χ1) is 5.79. The topological polar surface area (TPSA) is 64.4 Å². The minimum absolute atomic E-state index is 0.377. The smallest absolute Gasteiger partial charge is 0.404 e. The molecule has 12 heavy (non-hydrogen) atoms. The van der Waals surface area contributed by atoms with Gasteiger partial charge in [0, 0.05) is 6.54 Å². The van der Waals surface area contributed by atoms with Crippen LogP contribution in [0.3, 0.4) is 0 Å². The Hall–Kier alpha value is -0.770. The lowest BCUT2D eigenvalue weighted by Gasteiger charge is -2.25. The summed E-state index contributed by atoms with van der Waals surface area (Å²) < 4.78 is 4.55. The van der Waals surface area contributed by atoms with Crippen molar-refractivity contribution in [1.29, 1.82) is 0 Å². The average Bonchev–Trinajstić information content (AvgIpc) is 1.92. The molecule has 0 aromatic heterocycles. The summed E-state index contributed by atoms with van der Waals surface area (Å²) in [7, 11) is 0. The average molecular weight is 172 g/mol. The summed E-state index contributed by atoms with van der Waals surface area (Å²) in [6, 6.07) is 0. The molecule has 1 aliphatic rings. The van der Waals surface area contributed by atoms with Crippen LogP contribution in [0, 0.1) is 5.92 Å². The van der Waals surface area contributed by atoms with Crippen molar-refractivity contribution >= 4 is 6.09 Å². The second kappa shape index (κ2) is 4.98. The molecule has 0 aromatic carbocycles. The Balaban J connectivity index is 1.79. The molecule has 0 spiro atoms. The van der Waals surface area contributed by atoms with Gasteiger partial charge < -0.3 is 15.8 Å². The summed E-state index contributed by atoms with van der Waals surface area (Å²) in [5.41, 5.74) is 4.78. The van der Waals surface area contributed by atoms with Crippen LogP contribution in [0.5, 0.6) is 0 Å². The minimum Gasteiger partial charge on any atom is -0.448 e. The van der Waals surface area contributed by atoms with Crippen molar-refractivity contribution in [3.05, 3.63) is 0 Å². The standard InChI is InChI=1S/C8H16N2O2/c9-8(11)12-5-4-10-6-7-2-1-3-7/h7,10H,1-6H2,(H2,9,11). The Morgan fingerprint density at radius 2 is 2.33 bits per heavy atom. The highest BCUT2D eigenvalue weighted by atomic mass is 16.5. The van der Waals surface area contributed by atoms with E-state index in [9.17, 15) is 4.79 Å². The number of carbonyl (C=O) groups is 1. The van der Waals surface area contributed by atoms with Gasteiger partial charge in [0.2, 0.25) is 0 Å². The van der Waals surface area contributed by atoms with E-state index in [-0.39, 0.29) is 0 Å². The number of nitrogens with two attached hydrogens (primary N) is 1. The van der Waals surface area contributed by atoms with E-state index < -0.39 is 6.09 Å². The van der Waals surface area contributed by atoms with Gasteiger partial charge in [-0.2, -0.15) is 0 Å². The van der Waals surface area contributed by atoms with Gasteiger partial charge in [0.05, 0.1) is 0 Å². The molecule has 3 N–H and O–H groups in total. The molecule has 4 heteroatoms. The monoisotopic (exact) mass is 172 g/mol. The molecule has 4 nitrogen and oxygen atoms in total. The molecule has 0 radical (unpaired) electrons. The SMILES string of the molecule is NC(=O)OCCNCC1CCC1. The van der Waals surface area contributed by atoms with E-state index >= 15 is 0 Å². The molecule has 0 bridgehead atoms. The lowest BCUT2D eigenvalue weighted by molar-refractivity contribution is 0.156. The van der Waals surface area contributed by atoms with Crippen molar-refractivity contribution in [2.75, 3.05) is 19.7 Å². The predicted octanol–water partition coefficient (Wildman–Crippen LogP) is 0.471. The Bertz CT molecular complexity index is 146.